The fraction of sp³-hybridized carbons (Fsp3) is 0.286. The number of benzene rings is 2. The summed E-state index contributed by atoms with van der Waals surface area (Å²) < 4.78 is 10.6. The molecule has 29 heavy (non-hydrogen) atoms. The summed E-state index contributed by atoms with van der Waals surface area (Å²) in [4.78, 5) is 38.0. The second-order valence-electron chi connectivity index (χ2n) is 6.58. The van der Waals surface area contributed by atoms with Crippen LogP contribution in [0.15, 0.2) is 48.5 Å². The van der Waals surface area contributed by atoms with E-state index in [1.807, 2.05) is 0 Å². The van der Waals surface area contributed by atoms with Crippen molar-refractivity contribution in [2.24, 2.45) is 0 Å². The van der Waals surface area contributed by atoms with Crippen LogP contribution in [0.1, 0.15) is 24.9 Å². The predicted octanol–water partition coefficient (Wildman–Crippen LogP) is 2.14. The maximum absolute atomic E-state index is 12.5. The van der Waals surface area contributed by atoms with E-state index in [4.69, 9.17) is 9.47 Å². The van der Waals surface area contributed by atoms with Crippen LogP contribution in [-0.4, -0.2) is 42.6 Å². The molecule has 0 fully saturated rings. The topological polar surface area (TPSA) is 105 Å². The Balaban J connectivity index is 1.68. The van der Waals surface area contributed by atoms with Crippen molar-refractivity contribution in [1.29, 1.82) is 0 Å². The molecule has 152 valence electrons. The van der Waals surface area contributed by atoms with Gasteiger partial charge in [0, 0.05) is 13.0 Å². The molecule has 0 saturated heterocycles. The summed E-state index contributed by atoms with van der Waals surface area (Å²) in [6, 6.07) is 12.3. The molecule has 1 heterocycles. The van der Waals surface area contributed by atoms with Crippen LogP contribution >= 0.6 is 0 Å². The zero-order chi connectivity index (χ0) is 21.0. The first-order valence-corrected chi connectivity index (χ1v) is 9.14. The molecule has 1 aliphatic rings. The van der Waals surface area contributed by atoms with Crippen molar-refractivity contribution in [1.82, 2.24) is 5.32 Å². The molecule has 2 amide bonds. The Bertz CT molecular complexity index is 912. The van der Waals surface area contributed by atoms with E-state index >= 15 is 0 Å². The highest BCUT2D eigenvalue weighted by molar-refractivity contribution is 6.00. The Kier molecular flexibility index (Phi) is 6.01. The van der Waals surface area contributed by atoms with E-state index in [1.54, 1.807) is 55.5 Å². The summed E-state index contributed by atoms with van der Waals surface area (Å²) in [5.74, 6) is -0.742. The third-order valence-corrected chi connectivity index (χ3v) is 4.64. The van der Waals surface area contributed by atoms with E-state index in [9.17, 15) is 19.5 Å². The van der Waals surface area contributed by atoms with Crippen molar-refractivity contribution in [2.45, 2.75) is 25.5 Å². The number of hydrogen-bond donors (Lipinski definition) is 2. The second kappa shape index (κ2) is 8.64. The molecule has 2 aromatic carbocycles. The number of amides is 2. The first-order chi connectivity index (χ1) is 13.9. The summed E-state index contributed by atoms with van der Waals surface area (Å²) in [6.45, 7) is 1.76. The largest absolute Gasteiger partial charge is 0.497 e. The van der Waals surface area contributed by atoms with E-state index < -0.39 is 24.0 Å². The van der Waals surface area contributed by atoms with E-state index in [-0.39, 0.29) is 18.9 Å². The standard InChI is InChI=1S/C21H22N2O6/c1-13-20(25)23(16-5-3-4-6-17(16)29-13)12-11-18(24)22-19(21(26)27)14-7-9-15(28-2)10-8-14/h3-10,13,19H,11-12H2,1-2H3,(H,22,24)(H,26,27). The summed E-state index contributed by atoms with van der Waals surface area (Å²) in [5, 5.41) is 12.0. The van der Waals surface area contributed by atoms with Crippen LogP contribution in [0.3, 0.4) is 0 Å². The quantitative estimate of drug-likeness (QED) is 0.740. The van der Waals surface area contributed by atoms with Crippen molar-refractivity contribution in [3.8, 4) is 11.5 Å². The van der Waals surface area contributed by atoms with Crippen LogP contribution in [0, 0.1) is 0 Å². The van der Waals surface area contributed by atoms with Crippen LogP contribution in [0.2, 0.25) is 0 Å². The number of carbonyl (C=O) groups is 3. The van der Waals surface area contributed by atoms with Crippen molar-refractivity contribution >= 4 is 23.5 Å². The number of nitrogens with one attached hydrogen (secondary N) is 1. The molecule has 0 bridgehead atoms. The van der Waals surface area contributed by atoms with Crippen LogP contribution in [-0.2, 0) is 14.4 Å². The zero-order valence-electron chi connectivity index (χ0n) is 16.1. The van der Waals surface area contributed by atoms with Crippen LogP contribution in [0.25, 0.3) is 0 Å². The number of fused-ring (bicyclic) bond motifs is 1. The molecular formula is C21H22N2O6. The average Bonchev–Trinajstić information content (AvgIpc) is 2.72. The van der Waals surface area contributed by atoms with E-state index in [0.29, 0.717) is 22.7 Å². The third-order valence-electron chi connectivity index (χ3n) is 4.64. The summed E-state index contributed by atoms with van der Waals surface area (Å²) >= 11 is 0. The number of rotatable bonds is 7. The van der Waals surface area contributed by atoms with Crippen molar-refractivity contribution in [2.75, 3.05) is 18.6 Å². The Labute approximate surface area is 168 Å². The number of carboxylic acid groups (broad SMARTS) is 1. The number of nitrogens with zero attached hydrogens (tertiary/aromatic N) is 1. The number of para-hydroxylation sites is 2. The SMILES string of the molecule is COc1ccc(C(NC(=O)CCN2C(=O)C(C)Oc3ccccc32)C(=O)O)cc1. The predicted molar refractivity (Wildman–Crippen MR) is 105 cm³/mol. The van der Waals surface area contributed by atoms with Gasteiger partial charge in [-0.2, -0.15) is 0 Å². The lowest BCUT2D eigenvalue weighted by Gasteiger charge is -2.32. The van der Waals surface area contributed by atoms with Crippen LogP contribution < -0.4 is 19.7 Å². The molecule has 3 rings (SSSR count). The fourth-order valence-corrected chi connectivity index (χ4v) is 3.12. The molecule has 2 aromatic rings. The minimum Gasteiger partial charge on any atom is -0.497 e. The lowest BCUT2D eigenvalue weighted by Crippen LogP contribution is -2.46. The van der Waals surface area contributed by atoms with Gasteiger partial charge in [0.15, 0.2) is 12.1 Å². The number of carbonyl (C=O) groups excluding carboxylic acids is 2. The van der Waals surface area contributed by atoms with Gasteiger partial charge in [-0.25, -0.2) is 4.79 Å². The molecule has 2 atom stereocenters. The van der Waals surface area contributed by atoms with Crippen molar-refractivity contribution < 1.29 is 29.0 Å². The molecule has 8 nitrogen and oxygen atoms in total. The lowest BCUT2D eigenvalue weighted by atomic mass is 10.1. The molecule has 2 N–H and O–H groups in total. The van der Waals surface area contributed by atoms with Gasteiger partial charge >= 0.3 is 5.97 Å². The van der Waals surface area contributed by atoms with Crippen LogP contribution in [0.5, 0.6) is 11.5 Å². The highest BCUT2D eigenvalue weighted by Gasteiger charge is 2.31. The number of methoxy groups -OCH3 is 1. The number of aliphatic carboxylic acids is 1. The first-order valence-electron chi connectivity index (χ1n) is 9.14. The average molecular weight is 398 g/mol. The fourth-order valence-electron chi connectivity index (χ4n) is 3.12. The Morgan fingerprint density at radius 1 is 1.21 bits per heavy atom. The third kappa shape index (κ3) is 4.48. The molecule has 8 heteroatoms. The minimum atomic E-state index is -1.19. The van der Waals surface area contributed by atoms with Gasteiger partial charge < -0.3 is 24.8 Å². The molecule has 0 aliphatic carbocycles. The van der Waals surface area contributed by atoms with E-state index in [1.165, 1.54) is 12.0 Å². The number of carboxylic acids is 1. The Morgan fingerprint density at radius 3 is 2.55 bits per heavy atom. The van der Waals surface area contributed by atoms with E-state index in [2.05, 4.69) is 5.32 Å². The van der Waals surface area contributed by atoms with Gasteiger partial charge in [0.2, 0.25) is 5.91 Å². The molecule has 0 spiro atoms. The molecular weight excluding hydrogens is 376 g/mol. The van der Waals surface area contributed by atoms with Crippen molar-refractivity contribution in [3.63, 3.8) is 0 Å². The minimum absolute atomic E-state index is 0.0489. The highest BCUT2D eigenvalue weighted by Crippen LogP contribution is 2.33. The summed E-state index contributed by atoms with van der Waals surface area (Å²) in [7, 11) is 1.51. The van der Waals surface area contributed by atoms with Gasteiger partial charge in [-0.05, 0) is 36.8 Å². The van der Waals surface area contributed by atoms with Gasteiger partial charge in [-0.1, -0.05) is 24.3 Å². The summed E-state index contributed by atoms with van der Waals surface area (Å²) in [6.07, 6.45) is -0.703. The maximum atomic E-state index is 12.5. The molecule has 1 aliphatic heterocycles. The molecule has 0 saturated carbocycles. The first kappa shape index (κ1) is 20.2. The molecule has 0 aromatic heterocycles. The monoisotopic (exact) mass is 398 g/mol. The second-order valence-corrected chi connectivity index (χ2v) is 6.58. The zero-order valence-corrected chi connectivity index (χ0v) is 16.1. The van der Waals surface area contributed by atoms with E-state index in [0.717, 1.165) is 0 Å². The number of anilines is 1. The van der Waals surface area contributed by atoms with Gasteiger partial charge in [0.1, 0.15) is 11.5 Å². The Hall–Kier alpha value is -3.55. The van der Waals surface area contributed by atoms with Crippen molar-refractivity contribution in [3.05, 3.63) is 54.1 Å². The molecule has 2 unspecified atom stereocenters. The van der Waals surface area contributed by atoms with Gasteiger partial charge in [-0.3, -0.25) is 9.59 Å². The number of ether oxygens (including phenoxy) is 2. The molecule has 0 radical (unpaired) electrons. The van der Waals surface area contributed by atoms with Gasteiger partial charge in [0.25, 0.3) is 5.91 Å². The van der Waals surface area contributed by atoms with Gasteiger partial charge in [0.05, 0.1) is 12.8 Å². The summed E-state index contributed by atoms with van der Waals surface area (Å²) in [5.41, 5.74) is 1.02. The maximum Gasteiger partial charge on any atom is 0.330 e. The van der Waals surface area contributed by atoms with Gasteiger partial charge in [-0.15, -0.1) is 0 Å². The normalized spacial score (nSPS) is 16.4. The lowest BCUT2D eigenvalue weighted by molar-refractivity contribution is -0.142. The van der Waals surface area contributed by atoms with Crippen LogP contribution in [0.4, 0.5) is 5.69 Å². The highest BCUT2D eigenvalue weighted by atomic mass is 16.5. The Morgan fingerprint density at radius 2 is 1.90 bits per heavy atom. The smallest absolute Gasteiger partial charge is 0.330 e. The number of hydrogen-bond acceptors (Lipinski definition) is 5.